The summed E-state index contributed by atoms with van der Waals surface area (Å²) in [5.41, 5.74) is 0. The van der Waals surface area contributed by atoms with Crippen molar-refractivity contribution in [3.05, 3.63) is 0 Å². The molecule has 0 spiro atoms. The minimum atomic E-state index is 0.0957. The van der Waals surface area contributed by atoms with Crippen molar-refractivity contribution in [3.63, 3.8) is 0 Å². The second-order valence-corrected chi connectivity index (χ2v) is 3.83. The van der Waals surface area contributed by atoms with Gasteiger partial charge in [-0.05, 0) is 0 Å². The summed E-state index contributed by atoms with van der Waals surface area (Å²) in [4.78, 5) is 1.71. The Morgan fingerprint density at radius 1 is 1.15 bits per heavy atom. The normalized spacial score (nSPS) is 26.8. The highest BCUT2D eigenvalue weighted by Gasteiger charge is 2.20. The molecule has 3 N–H and O–H groups in total. The third-order valence-corrected chi connectivity index (χ3v) is 2.83. The van der Waals surface area contributed by atoms with E-state index in [-0.39, 0.29) is 6.29 Å². The lowest BCUT2D eigenvalue weighted by Crippen LogP contribution is -3.20. The highest BCUT2D eigenvalue weighted by Crippen LogP contribution is 2.05. The third kappa shape index (κ3) is 2.91. The predicted molar refractivity (Wildman–Crippen MR) is 47.5 cm³/mol. The Bertz CT molecular complexity index is 143. The summed E-state index contributed by atoms with van der Waals surface area (Å²) in [6, 6.07) is 0. The number of hydrogen-bond acceptors (Lipinski definition) is 2. The summed E-state index contributed by atoms with van der Waals surface area (Å²) in [5.74, 6) is 0. The van der Waals surface area contributed by atoms with Gasteiger partial charge in [0.05, 0.1) is 19.8 Å². The maximum Gasteiger partial charge on any atom is 0.163 e. The van der Waals surface area contributed by atoms with Gasteiger partial charge >= 0.3 is 0 Å². The van der Waals surface area contributed by atoms with Crippen LogP contribution in [0.3, 0.4) is 0 Å². The minimum Gasteiger partial charge on any atom is -0.350 e. The average Bonchev–Trinajstić information content (AvgIpc) is 2.69. The van der Waals surface area contributed by atoms with Gasteiger partial charge in [-0.25, -0.2) is 0 Å². The molecule has 0 bridgehead atoms. The first-order valence-electron chi connectivity index (χ1n) is 5.33. The number of piperazine rings is 1. The molecular formula is C9H20N2O2+2. The lowest BCUT2D eigenvalue weighted by Gasteiger charge is -2.22. The van der Waals surface area contributed by atoms with Crippen LogP contribution in [0.1, 0.15) is 6.42 Å². The molecule has 0 aromatic carbocycles. The van der Waals surface area contributed by atoms with Gasteiger partial charge in [-0.15, -0.1) is 0 Å². The van der Waals surface area contributed by atoms with Gasteiger partial charge in [0.25, 0.3) is 0 Å². The van der Waals surface area contributed by atoms with Crippen LogP contribution < -0.4 is 10.2 Å². The first-order valence-corrected chi connectivity index (χ1v) is 5.33. The molecule has 2 fully saturated rings. The highest BCUT2D eigenvalue weighted by atomic mass is 16.7. The van der Waals surface area contributed by atoms with Crippen molar-refractivity contribution in [2.75, 3.05) is 45.9 Å². The van der Waals surface area contributed by atoms with Gasteiger partial charge in [-0.3, -0.25) is 0 Å². The molecule has 0 amide bonds. The number of quaternary nitrogens is 2. The van der Waals surface area contributed by atoms with Crippen molar-refractivity contribution in [2.24, 2.45) is 0 Å². The Morgan fingerprint density at radius 3 is 2.54 bits per heavy atom. The molecule has 2 saturated heterocycles. The largest absolute Gasteiger partial charge is 0.350 e. The van der Waals surface area contributed by atoms with Crippen LogP contribution in [0.15, 0.2) is 0 Å². The van der Waals surface area contributed by atoms with E-state index >= 15 is 0 Å². The third-order valence-electron chi connectivity index (χ3n) is 2.83. The van der Waals surface area contributed by atoms with Crippen molar-refractivity contribution >= 4 is 0 Å². The molecule has 2 heterocycles. The van der Waals surface area contributed by atoms with Crippen LogP contribution in [0.4, 0.5) is 0 Å². The van der Waals surface area contributed by atoms with Crippen LogP contribution in [-0.4, -0.2) is 52.2 Å². The lowest BCUT2D eigenvalue weighted by molar-refractivity contribution is -0.947. The zero-order valence-corrected chi connectivity index (χ0v) is 8.13. The van der Waals surface area contributed by atoms with Gasteiger partial charge in [-0.1, -0.05) is 0 Å². The molecule has 76 valence electrons. The van der Waals surface area contributed by atoms with E-state index in [0.29, 0.717) is 0 Å². The number of ether oxygens (including phenoxy) is 2. The molecule has 13 heavy (non-hydrogen) atoms. The predicted octanol–water partition coefficient (Wildman–Crippen LogP) is -2.79. The van der Waals surface area contributed by atoms with Crippen LogP contribution in [0, 0.1) is 0 Å². The molecule has 0 saturated carbocycles. The minimum absolute atomic E-state index is 0.0957. The Kier molecular flexibility index (Phi) is 3.55. The average molecular weight is 188 g/mol. The molecule has 0 atom stereocenters. The Hall–Kier alpha value is -0.160. The van der Waals surface area contributed by atoms with E-state index in [1.54, 1.807) is 4.90 Å². The van der Waals surface area contributed by atoms with Crippen molar-refractivity contribution < 1.29 is 19.7 Å². The maximum atomic E-state index is 5.40. The smallest absolute Gasteiger partial charge is 0.163 e. The molecule has 2 aliphatic rings. The molecular weight excluding hydrogens is 168 g/mol. The molecule has 2 aliphatic heterocycles. The summed E-state index contributed by atoms with van der Waals surface area (Å²) >= 11 is 0. The topological polar surface area (TPSA) is 39.5 Å². The maximum absolute atomic E-state index is 5.40. The van der Waals surface area contributed by atoms with Crippen LogP contribution in [-0.2, 0) is 9.47 Å². The highest BCUT2D eigenvalue weighted by molar-refractivity contribution is 4.50. The monoisotopic (exact) mass is 188 g/mol. The van der Waals surface area contributed by atoms with Crippen molar-refractivity contribution in [1.82, 2.24) is 0 Å². The van der Waals surface area contributed by atoms with Gasteiger partial charge in [0.15, 0.2) is 6.29 Å². The molecule has 4 nitrogen and oxygen atoms in total. The van der Waals surface area contributed by atoms with Gasteiger partial charge in [0.2, 0.25) is 0 Å². The van der Waals surface area contributed by atoms with Gasteiger partial charge in [0.1, 0.15) is 26.2 Å². The molecule has 0 aromatic rings. The standard InChI is InChI=1S/C9H18N2O2/c1(9-12-7-8-13-9)4-11-5-2-10-3-6-11/h9-10H,1-8H2/p+2. The Labute approximate surface area is 79.2 Å². The second kappa shape index (κ2) is 4.91. The molecule has 0 unspecified atom stereocenters. The van der Waals surface area contributed by atoms with E-state index in [0.717, 1.165) is 19.6 Å². The molecule has 0 radical (unpaired) electrons. The van der Waals surface area contributed by atoms with Gasteiger partial charge in [0, 0.05) is 6.42 Å². The number of nitrogens with one attached hydrogen (secondary N) is 1. The fourth-order valence-corrected chi connectivity index (χ4v) is 2.03. The van der Waals surface area contributed by atoms with Crippen molar-refractivity contribution in [2.45, 2.75) is 12.7 Å². The quantitative estimate of drug-likeness (QED) is 0.503. The van der Waals surface area contributed by atoms with Crippen molar-refractivity contribution in [1.29, 1.82) is 0 Å². The number of nitrogens with two attached hydrogens (primary N) is 1. The summed E-state index contributed by atoms with van der Waals surface area (Å²) in [6.07, 6.45) is 1.16. The molecule has 0 aliphatic carbocycles. The number of rotatable bonds is 3. The van der Waals surface area contributed by atoms with E-state index < -0.39 is 0 Å². The van der Waals surface area contributed by atoms with Crippen LogP contribution >= 0.6 is 0 Å². The van der Waals surface area contributed by atoms with Crippen LogP contribution in [0.2, 0.25) is 0 Å². The molecule has 2 rings (SSSR count). The first kappa shape index (κ1) is 9.40. The van der Waals surface area contributed by atoms with E-state index in [2.05, 4.69) is 5.32 Å². The summed E-state index contributed by atoms with van der Waals surface area (Å²) in [6.45, 7) is 7.93. The van der Waals surface area contributed by atoms with Crippen LogP contribution in [0.25, 0.3) is 0 Å². The summed E-state index contributed by atoms with van der Waals surface area (Å²) in [5, 5.41) is 2.39. The second-order valence-electron chi connectivity index (χ2n) is 3.83. The van der Waals surface area contributed by atoms with Crippen molar-refractivity contribution in [3.8, 4) is 0 Å². The van der Waals surface area contributed by atoms with Gasteiger partial charge < -0.3 is 19.7 Å². The summed E-state index contributed by atoms with van der Waals surface area (Å²) in [7, 11) is 0. The molecule has 4 heteroatoms. The fourth-order valence-electron chi connectivity index (χ4n) is 2.03. The lowest BCUT2D eigenvalue weighted by atomic mass is 10.3. The van der Waals surface area contributed by atoms with Crippen LogP contribution in [0.5, 0.6) is 0 Å². The van der Waals surface area contributed by atoms with Gasteiger partial charge in [-0.2, -0.15) is 0 Å². The zero-order chi connectivity index (χ0) is 8.93. The van der Waals surface area contributed by atoms with E-state index in [1.807, 2.05) is 0 Å². The van der Waals surface area contributed by atoms with E-state index in [9.17, 15) is 0 Å². The van der Waals surface area contributed by atoms with E-state index in [4.69, 9.17) is 9.47 Å². The summed E-state index contributed by atoms with van der Waals surface area (Å²) < 4.78 is 10.8. The Morgan fingerprint density at radius 2 is 1.85 bits per heavy atom. The Balaban J connectivity index is 1.60. The first-order chi connectivity index (χ1) is 6.45. The molecule has 0 aromatic heterocycles. The SMILES string of the molecule is C1C[NH+](CCC2OCCO2)CC[NH2+]1. The zero-order valence-electron chi connectivity index (χ0n) is 8.13. The fraction of sp³-hybridized carbons (Fsp3) is 1.00. The number of hydrogen-bond donors (Lipinski definition) is 2. The van der Waals surface area contributed by atoms with E-state index in [1.165, 1.54) is 32.7 Å².